The molecule has 9 heteroatoms. The highest BCUT2D eigenvalue weighted by Gasteiger charge is 2.36. The number of amides is 1. The number of thioether (sulfide) groups is 1. The van der Waals surface area contributed by atoms with Crippen LogP contribution in [0.1, 0.15) is 25.0 Å². The summed E-state index contributed by atoms with van der Waals surface area (Å²) < 4.78 is 11.1. The SMILES string of the molecule is COc1cc(/C=C2\C(=N)N3N=C(c4ccncc4)SC3=NC2=O)ccc1OC(C)C. The largest absolute Gasteiger partial charge is 0.493 e. The van der Waals surface area contributed by atoms with Crippen LogP contribution in [0.3, 0.4) is 0 Å². The van der Waals surface area contributed by atoms with Crippen molar-refractivity contribution in [1.29, 1.82) is 5.41 Å². The molecular formula is C21H19N5O3S. The lowest BCUT2D eigenvalue weighted by Gasteiger charge is -2.20. The number of hydrogen-bond donors (Lipinski definition) is 1. The van der Waals surface area contributed by atoms with Gasteiger partial charge >= 0.3 is 0 Å². The quantitative estimate of drug-likeness (QED) is 0.741. The fourth-order valence-electron chi connectivity index (χ4n) is 2.90. The number of hydrogen-bond acceptors (Lipinski definition) is 7. The van der Waals surface area contributed by atoms with E-state index in [1.54, 1.807) is 43.8 Å². The third-order valence-corrected chi connectivity index (χ3v) is 5.20. The summed E-state index contributed by atoms with van der Waals surface area (Å²) in [6, 6.07) is 8.98. The number of pyridine rings is 1. The van der Waals surface area contributed by atoms with Gasteiger partial charge in [0.05, 0.1) is 18.8 Å². The summed E-state index contributed by atoms with van der Waals surface area (Å²) >= 11 is 1.25. The number of aliphatic imine (C=N–C) groups is 1. The Morgan fingerprint density at radius 2 is 1.93 bits per heavy atom. The molecule has 8 nitrogen and oxygen atoms in total. The van der Waals surface area contributed by atoms with Crippen molar-refractivity contribution < 1.29 is 14.3 Å². The van der Waals surface area contributed by atoms with Crippen molar-refractivity contribution in [2.45, 2.75) is 20.0 Å². The minimum Gasteiger partial charge on any atom is -0.493 e. The zero-order valence-corrected chi connectivity index (χ0v) is 17.4. The van der Waals surface area contributed by atoms with Crippen molar-refractivity contribution in [3.05, 3.63) is 59.4 Å². The van der Waals surface area contributed by atoms with E-state index >= 15 is 0 Å². The van der Waals surface area contributed by atoms with Gasteiger partial charge in [-0.05, 0) is 61.5 Å². The lowest BCUT2D eigenvalue weighted by Crippen LogP contribution is -2.35. The molecule has 0 aliphatic carbocycles. The number of methoxy groups -OCH3 is 1. The molecule has 2 aliphatic rings. The molecule has 0 bridgehead atoms. The Kier molecular flexibility index (Phi) is 5.37. The van der Waals surface area contributed by atoms with Gasteiger partial charge in [-0.15, -0.1) is 0 Å². The number of hydrazone groups is 1. The van der Waals surface area contributed by atoms with Crippen molar-refractivity contribution >= 4 is 39.8 Å². The smallest absolute Gasteiger partial charge is 0.283 e. The van der Waals surface area contributed by atoms with Crippen LogP contribution in [-0.2, 0) is 4.79 Å². The van der Waals surface area contributed by atoms with Gasteiger partial charge in [-0.1, -0.05) is 6.07 Å². The summed E-state index contributed by atoms with van der Waals surface area (Å²) in [5, 5.41) is 15.4. The normalized spacial score (nSPS) is 17.2. The number of aromatic nitrogens is 1. The predicted molar refractivity (Wildman–Crippen MR) is 117 cm³/mol. The number of nitrogens with zero attached hydrogens (tertiary/aromatic N) is 4. The highest BCUT2D eigenvalue weighted by molar-refractivity contribution is 8.27. The number of rotatable bonds is 5. The van der Waals surface area contributed by atoms with Crippen LogP contribution in [0.25, 0.3) is 6.08 Å². The molecule has 2 aromatic rings. The van der Waals surface area contributed by atoms with E-state index in [0.717, 1.165) is 5.56 Å². The maximum Gasteiger partial charge on any atom is 0.283 e. The topological polar surface area (TPSA) is 100 Å². The summed E-state index contributed by atoms with van der Waals surface area (Å²) in [7, 11) is 1.56. The molecule has 0 atom stereocenters. The summed E-state index contributed by atoms with van der Waals surface area (Å²) in [6.45, 7) is 3.86. The van der Waals surface area contributed by atoms with Gasteiger partial charge in [0.15, 0.2) is 17.3 Å². The molecule has 1 amide bonds. The first-order chi connectivity index (χ1) is 14.5. The number of amidine groups is 2. The maximum atomic E-state index is 12.6. The van der Waals surface area contributed by atoms with Crippen LogP contribution < -0.4 is 9.47 Å². The average Bonchev–Trinajstić information content (AvgIpc) is 3.16. The van der Waals surface area contributed by atoms with Crippen LogP contribution in [0.5, 0.6) is 11.5 Å². The van der Waals surface area contributed by atoms with Crippen LogP contribution in [0.4, 0.5) is 0 Å². The van der Waals surface area contributed by atoms with Crippen molar-refractivity contribution in [3.63, 3.8) is 0 Å². The number of carbonyl (C=O) groups excluding carboxylic acids is 1. The fourth-order valence-corrected chi connectivity index (χ4v) is 3.79. The Labute approximate surface area is 177 Å². The summed E-state index contributed by atoms with van der Waals surface area (Å²) in [5.41, 5.74) is 1.70. The van der Waals surface area contributed by atoms with Crippen LogP contribution >= 0.6 is 11.8 Å². The van der Waals surface area contributed by atoms with Crippen molar-refractivity contribution in [1.82, 2.24) is 9.99 Å². The molecule has 2 aliphatic heterocycles. The van der Waals surface area contributed by atoms with Gasteiger partial charge < -0.3 is 9.47 Å². The molecule has 0 unspecified atom stereocenters. The number of carbonyl (C=O) groups is 1. The van der Waals surface area contributed by atoms with E-state index < -0.39 is 5.91 Å². The first-order valence-corrected chi connectivity index (χ1v) is 10.0. The molecule has 0 saturated carbocycles. The van der Waals surface area contributed by atoms with E-state index in [-0.39, 0.29) is 17.5 Å². The van der Waals surface area contributed by atoms with E-state index in [0.29, 0.717) is 27.3 Å². The van der Waals surface area contributed by atoms with Crippen LogP contribution in [0.15, 0.2) is 58.4 Å². The molecule has 152 valence electrons. The van der Waals surface area contributed by atoms with E-state index in [9.17, 15) is 4.79 Å². The second kappa shape index (κ2) is 8.11. The fraction of sp³-hybridized carbons (Fsp3) is 0.190. The lowest BCUT2D eigenvalue weighted by atomic mass is 10.1. The molecule has 1 aromatic carbocycles. The van der Waals surface area contributed by atoms with Gasteiger partial charge in [0.1, 0.15) is 5.04 Å². The Morgan fingerprint density at radius 1 is 1.17 bits per heavy atom. The first kappa shape index (κ1) is 19.8. The summed E-state index contributed by atoms with van der Waals surface area (Å²) in [4.78, 5) is 20.7. The Balaban J connectivity index is 1.65. The Hall–Kier alpha value is -3.46. The third kappa shape index (κ3) is 3.84. The lowest BCUT2D eigenvalue weighted by molar-refractivity contribution is -0.114. The van der Waals surface area contributed by atoms with Crippen molar-refractivity contribution in [2.24, 2.45) is 10.1 Å². The molecule has 0 radical (unpaired) electrons. The molecule has 1 N–H and O–H groups in total. The van der Waals surface area contributed by atoms with E-state index in [4.69, 9.17) is 14.9 Å². The van der Waals surface area contributed by atoms with Gasteiger partial charge in [0.2, 0.25) is 5.17 Å². The molecule has 1 aromatic heterocycles. The van der Waals surface area contributed by atoms with E-state index in [2.05, 4.69) is 15.1 Å². The second-order valence-electron chi connectivity index (χ2n) is 6.74. The van der Waals surface area contributed by atoms with Gasteiger partial charge in [0.25, 0.3) is 5.91 Å². The van der Waals surface area contributed by atoms with Crippen LogP contribution in [0.2, 0.25) is 0 Å². The van der Waals surface area contributed by atoms with Gasteiger partial charge in [-0.2, -0.15) is 15.1 Å². The molecule has 0 spiro atoms. The minimum absolute atomic E-state index is 0.00378. The minimum atomic E-state index is -0.480. The maximum absolute atomic E-state index is 12.6. The Bertz CT molecular complexity index is 1110. The molecule has 3 heterocycles. The van der Waals surface area contributed by atoms with E-state index in [1.165, 1.54) is 16.8 Å². The highest BCUT2D eigenvalue weighted by Crippen LogP contribution is 2.33. The average molecular weight is 421 g/mol. The number of nitrogens with one attached hydrogen (secondary N) is 1. The zero-order chi connectivity index (χ0) is 21.3. The van der Waals surface area contributed by atoms with Crippen LogP contribution in [-0.4, -0.2) is 45.2 Å². The standard InChI is InChI=1S/C21H19N5O3S/c1-12(2)29-16-5-4-13(11-17(16)28-3)10-15-18(22)26-21(24-19(15)27)30-20(25-26)14-6-8-23-9-7-14/h4-12,22H,1-3H3/b15-10+,22-18?. The van der Waals surface area contributed by atoms with Gasteiger partial charge in [-0.3, -0.25) is 15.2 Å². The van der Waals surface area contributed by atoms with Crippen LogP contribution in [0, 0.1) is 5.41 Å². The van der Waals surface area contributed by atoms with Crippen molar-refractivity contribution in [3.8, 4) is 11.5 Å². The first-order valence-electron chi connectivity index (χ1n) is 9.21. The second-order valence-corrected chi connectivity index (χ2v) is 7.69. The number of fused-ring (bicyclic) bond motifs is 1. The molecule has 30 heavy (non-hydrogen) atoms. The third-order valence-electron chi connectivity index (χ3n) is 4.24. The molecular weight excluding hydrogens is 402 g/mol. The number of ether oxygens (including phenoxy) is 2. The zero-order valence-electron chi connectivity index (χ0n) is 16.6. The highest BCUT2D eigenvalue weighted by atomic mass is 32.2. The monoisotopic (exact) mass is 421 g/mol. The van der Waals surface area contributed by atoms with Gasteiger partial charge in [0, 0.05) is 18.0 Å². The van der Waals surface area contributed by atoms with E-state index in [1.807, 2.05) is 26.0 Å². The van der Waals surface area contributed by atoms with Crippen molar-refractivity contribution in [2.75, 3.05) is 7.11 Å². The van der Waals surface area contributed by atoms with Gasteiger partial charge in [-0.25, -0.2) is 0 Å². The molecule has 4 rings (SSSR count). The summed E-state index contributed by atoms with van der Waals surface area (Å²) in [5.74, 6) is 0.656. The molecule has 0 saturated heterocycles. The number of benzene rings is 1. The summed E-state index contributed by atoms with van der Waals surface area (Å²) in [6.07, 6.45) is 4.94. The Morgan fingerprint density at radius 3 is 2.63 bits per heavy atom. The predicted octanol–water partition coefficient (Wildman–Crippen LogP) is 3.54. The molecule has 0 fully saturated rings.